The maximum Gasteiger partial charge on any atom is 0.573 e. The van der Waals surface area contributed by atoms with Crippen molar-refractivity contribution >= 4 is 34.0 Å². The number of primary amides is 1. The summed E-state index contributed by atoms with van der Waals surface area (Å²) in [5, 5.41) is 9.09. The van der Waals surface area contributed by atoms with Gasteiger partial charge in [-0.2, -0.15) is 4.98 Å². The average Bonchev–Trinajstić information content (AvgIpc) is 2.99. The molecule has 1 amide bonds. The first-order valence-electron chi connectivity index (χ1n) is 7.84. The Morgan fingerprint density at radius 1 is 1.24 bits per heavy atom. The van der Waals surface area contributed by atoms with Gasteiger partial charge in [-0.25, -0.2) is 4.79 Å². The summed E-state index contributed by atoms with van der Waals surface area (Å²) in [5.74, 6) is -3.36. The number of alkyl halides is 3. The predicted molar refractivity (Wildman–Crippen MR) is 95.2 cm³/mol. The number of rotatable bonds is 6. The van der Waals surface area contributed by atoms with Crippen molar-refractivity contribution in [3.8, 4) is 11.6 Å². The molecule has 0 saturated heterocycles. The molecule has 1 aromatic carbocycles. The van der Waals surface area contributed by atoms with Gasteiger partial charge in [0.05, 0.1) is 5.52 Å². The molecule has 152 valence electrons. The molecule has 0 radical (unpaired) electrons. The Bertz CT molecular complexity index is 1100. The van der Waals surface area contributed by atoms with E-state index in [1.807, 2.05) is 0 Å². The van der Waals surface area contributed by atoms with Gasteiger partial charge in [0.2, 0.25) is 10.8 Å². The average molecular weight is 427 g/mol. The van der Waals surface area contributed by atoms with Crippen LogP contribution in [-0.2, 0) is 16.0 Å². The number of ether oxygens (including phenoxy) is 1. The third kappa shape index (κ3) is 4.60. The Kier molecular flexibility index (Phi) is 5.40. The number of aromatic nitrogens is 2. The monoisotopic (exact) mass is 427 g/mol. The van der Waals surface area contributed by atoms with Gasteiger partial charge in [-0.05, 0) is 24.3 Å². The lowest BCUT2D eigenvalue weighted by molar-refractivity contribution is -0.274. The lowest BCUT2D eigenvalue weighted by atomic mass is 10.2. The van der Waals surface area contributed by atoms with Gasteiger partial charge < -0.3 is 20.1 Å². The van der Waals surface area contributed by atoms with Crippen LogP contribution in [0.25, 0.3) is 16.7 Å². The standard InChI is InChI=1S/C17H12F3N3O5S/c18-17(19,20)28-10-5-4-9-6-12(16(21)26)23(11(9)7-10)13-2-1-3-14(22-13)29(27)8-15(24)25/h1-7H,8H2,(H2,21,26)(H,24,25). The van der Waals surface area contributed by atoms with Crippen LogP contribution < -0.4 is 10.5 Å². The lowest BCUT2D eigenvalue weighted by Crippen LogP contribution is -2.19. The van der Waals surface area contributed by atoms with Gasteiger partial charge in [0.15, 0.2) is 0 Å². The van der Waals surface area contributed by atoms with Gasteiger partial charge >= 0.3 is 12.3 Å². The highest BCUT2D eigenvalue weighted by Gasteiger charge is 2.31. The number of carboxylic acids is 1. The first-order chi connectivity index (χ1) is 13.5. The number of nitrogens with zero attached hydrogens (tertiary/aromatic N) is 2. The number of hydrogen-bond acceptors (Lipinski definition) is 5. The minimum atomic E-state index is -4.91. The van der Waals surface area contributed by atoms with Crippen molar-refractivity contribution in [2.75, 3.05) is 5.75 Å². The van der Waals surface area contributed by atoms with E-state index in [-0.39, 0.29) is 22.1 Å². The van der Waals surface area contributed by atoms with Gasteiger partial charge in [0.25, 0.3) is 5.91 Å². The van der Waals surface area contributed by atoms with E-state index >= 15 is 0 Å². The number of amides is 1. The quantitative estimate of drug-likeness (QED) is 0.580. The van der Waals surface area contributed by atoms with Crippen LogP contribution >= 0.6 is 0 Å². The van der Waals surface area contributed by atoms with Crippen LogP contribution in [0, 0.1) is 0 Å². The Labute approximate surface area is 163 Å². The van der Waals surface area contributed by atoms with E-state index in [1.165, 1.54) is 34.9 Å². The molecular formula is C17H12F3N3O5S. The van der Waals surface area contributed by atoms with Crippen LogP contribution in [0.4, 0.5) is 13.2 Å². The number of benzene rings is 1. The summed E-state index contributed by atoms with van der Waals surface area (Å²) in [5.41, 5.74) is 5.43. The molecule has 8 nitrogen and oxygen atoms in total. The molecule has 0 bridgehead atoms. The highest BCUT2D eigenvalue weighted by atomic mass is 32.2. The molecular weight excluding hydrogens is 415 g/mol. The second kappa shape index (κ2) is 7.64. The molecule has 0 spiro atoms. The Morgan fingerprint density at radius 2 is 1.97 bits per heavy atom. The first kappa shape index (κ1) is 20.5. The molecule has 2 heterocycles. The van der Waals surface area contributed by atoms with E-state index in [4.69, 9.17) is 10.8 Å². The number of nitrogens with two attached hydrogens (primary N) is 1. The fraction of sp³-hybridized carbons (Fsp3) is 0.118. The molecule has 0 aliphatic rings. The fourth-order valence-corrected chi connectivity index (χ4v) is 3.45. The topological polar surface area (TPSA) is 130 Å². The summed E-state index contributed by atoms with van der Waals surface area (Å²) in [7, 11) is 0. The molecule has 0 fully saturated rings. The summed E-state index contributed by atoms with van der Waals surface area (Å²) in [6.45, 7) is 0. The van der Waals surface area contributed by atoms with E-state index in [1.54, 1.807) is 0 Å². The Morgan fingerprint density at radius 3 is 2.59 bits per heavy atom. The van der Waals surface area contributed by atoms with Gasteiger partial charge in [0.1, 0.15) is 17.3 Å². The lowest BCUT2D eigenvalue weighted by Gasteiger charge is -2.12. The molecule has 0 aliphatic carbocycles. The summed E-state index contributed by atoms with van der Waals surface area (Å²) in [4.78, 5) is 26.7. The van der Waals surface area contributed by atoms with Gasteiger partial charge in [0, 0.05) is 28.7 Å². The minimum absolute atomic E-state index is 0.0224. The van der Waals surface area contributed by atoms with E-state index in [9.17, 15) is 27.3 Å². The highest BCUT2D eigenvalue weighted by Crippen LogP contribution is 2.30. The van der Waals surface area contributed by atoms with Crippen LogP contribution in [-0.4, -0.2) is 43.2 Å². The van der Waals surface area contributed by atoms with Gasteiger partial charge in [-0.15, -0.1) is 13.2 Å². The van der Waals surface area contributed by atoms with Crippen molar-refractivity contribution in [1.29, 1.82) is 0 Å². The van der Waals surface area contributed by atoms with Crippen LogP contribution in [0.15, 0.2) is 47.5 Å². The molecule has 0 aliphatic heterocycles. The number of pyridine rings is 1. The van der Waals surface area contributed by atoms with E-state index in [2.05, 4.69) is 9.72 Å². The van der Waals surface area contributed by atoms with Crippen molar-refractivity contribution in [2.24, 2.45) is 5.73 Å². The number of carboxylic acid groups (broad SMARTS) is 1. The van der Waals surface area contributed by atoms with Crippen molar-refractivity contribution in [3.05, 3.63) is 48.2 Å². The fourth-order valence-electron chi connectivity index (χ4n) is 2.65. The Hall–Kier alpha value is -3.25. The number of hydrogen-bond donors (Lipinski definition) is 2. The third-order valence-corrected chi connectivity index (χ3v) is 4.89. The van der Waals surface area contributed by atoms with Crippen LogP contribution in [0.2, 0.25) is 0 Å². The summed E-state index contributed by atoms with van der Waals surface area (Å²) in [6, 6.07) is 8.96. The number of fused-ring (bicyclic) bond motifs is 1. The van der Waals surface area contributed by atoms with Crippen molar-refractivity contribution in [2.45, 2.75) is 11.4 Å². The molecule has 3 aromatic rings. The highest BCUT2D eigenvalue weighted by molar-refractivity contribution is 7.92. The molecule has 3 rings (SSSR count). The van der Waals surface area contributed by atoms with Crippen LogP contribution in [0.1, 0.15) is 10.5 Å². The van der Waals surface area contributed by atoms with E-state index in [0.717, 1.165) is 12.1 Å². The second-order valence-corrected chi connectivity index (χ2v) is 7.11. The molecule has 3 N–H and O–H groups in total. The van der Waals surface area contributed by atoms with Crippen LogP contribution in [0.3, 0.4) is 0 Å². The minimum Gasteiger partial charge on any atom is -0.610 e. The largest absolute Gasteiger partial charge is 0.610 e. The summed E-state index contributed by atoms with van der Waals surface area (Å²) >= 11 is -1.97. The second-order valence-electron chi connectivity index (χ2n) is 5.72. The number of carbonyl (C=O) groups excluding carboxylic acids is 1. The molecule has 0 saturated carbocycles. The zero-order valence-electron chi connectivity index (χ0n) is 14.3. The third-order valence-electron chi connectivity index (χ3n) is 3.69. The number of aliphatic carboxylic acids is 1. The molecule has 29 heavy (non-hydrogen) atoms. The normalized spacial score (nSPS) is 12.7. The smallest absolute Gasteiger partial charge is 0.573 e. The van der Waals surface area contributed by atoms with E-state index < -0.39 is 40.9 Å². The van der Waals surface area contributed by atoms with Crippen molar-refractivity contribution in [1.82, 2.24) is 9.55 Å². The zero-order valence-corrected chi connectivity index (χ0v) is 15.2. The maximum atomic E-state index is 12.5. The SMILES string of the molecule is NC(=O)c1cc2ccc(OC(F)(F)F)cc2n1-c1cccc([S+]([O-])CC(=O)O)n1. The van der Waals surface area contributed by atoms with Gasteiger partial charge in [-0.3, -0.25) is 9.36 Å². The zero-order chi connectivity index (χ0) is 21.3. The van der Waals surface area contributed by atoms with Crippen molar-refractivity contribution in [3.63, 3.8) is 0 Å². The molecule has 1 unspecified atom stereocenters. The Balaban J connectivity index is 2.16. The maximum absolute atomic E-state index is 12.5. The number of carbonyl (C=O) groups is 2. The summed E-state index contributed by atoms with van der Waals surface area (Å²) in [6.07, 6.45) is -4.91. The summed E-state index contributed by atoms with van der Waals surface area (Å²) < 4.78 is 54.8. The predicted octanol–water partition coefficient (Wildman–Crippen LogP) is 2.22. The molecule has 12 heteroatoms. The van der Waals surface area contributed by atoms with Gasteiger partial charge in [-0.1, -0.05) is 6.07 Å². The number of halogens is 3. The molecule has 1 atom stereocenters. The first-order valence-corrected chi connectivity index (χ1v) is 9.16. The van der Waals surface area contributed by atoms with Crippen molar-refractivity contribution < 1.29 is 37.2 Å². The molecule has 2 aromatic heterocycles. The van der Waals surface area contributed by atoms with E-state index in [0.29, 0.717) is 5.39 Å². The van der Waals surface area contributed by atoms with Crippen LogP contribution in [0.5, 0.6) is 5.75 Å².